The van der Waals surface area contributed by atoms with Crippen molar-refractivity contribution < 1.29 is 9.84 Å². The lowest BCUT2D eigenvalue weighted by Crippen LogP contribution is -2.51. The van der Waals surface area contributed by atoms with Gasteiger partial charge in [0.15, 0.2) is 0 Å². The number of hydrogen-bond donors (Lipinski definition) is 1. The van der Waals surface area contributed by atoms with Crippen LogP contribution in [0.2, 0.25) is 0 Å². The molecular weight excluding hydrogens is 190 g/mol. The maximum atomic E-state index is 9.49. The molecule has 2 rings (SSSR count). The number of aliphatic hydroxyl groups is 1. The summed E-state index contributed by atoms with van der Waals surface area (Å²) in [5.41, 5.74) is 0. The van der Waals surface area contributed by atoms with Crippen molar-refractivity contribution in [2.75, 3.05) is 13.1 Å². The first kappa shape index (κ1) is 11.4. The predicted octanol–water partition coefficient (Wildman–Crippen LogP) is 1.40. The molecule has 2 fully saturated rings. The maximum absolute atomic E-state index is 9.49. The first-order valence-corrected chi connectivity index (χ1v) is 6.22. The lowest BCUT2D eigenvalue weighted by atomic mass is 9.91. The van der Waals surface area contributed by atoms with Gasteiger partial charge in [-0.1, -0.05) is 0 Å². The fourth-order valence-corrected chi connectivity index (χ4v) is 2.94. The molecule has 15 heavy (non-hydrogen) atoms. The quantitative estimate of drug-likeness (QED) is 0.714. The molecule has 1 aliphatic heterocycles. The summed E-state index contributed by atoms with van der Waals surface area (Å²) in [6.45, 7) is 6.43. The first-order chi connectivity index (χ1) is 7.15. The van der Waals surface area contributed by atoms with E-state index in [-0.39, 0.29) is 6.10 Å². The summed E-state index contributed by atoms with van der Waals surface area (Å²) in [6, 6.07) is 0.683. The minimum Gasteiger partial charge on any atom is -0.393 e. The molecule has 1 heterocycles. The molecule has 0 aromatic heterocycles. The molecule has 0 unspecified atom stereocenters. The molecular formula is C12H23NO2. The minimum absolute atomic E-state index is 0.0443. The molecule has 1 saturated heterocycles. The Balaban J connectivity index is 1.87. The largest absolute Gasteiger partial charge is 0.393 e. The van der Waals surface area contributed by atoms with E-state index >= 15 is 0 Å². The van der Waals surface area contributed by atoms with E-state index in [4.69, 9.17) is 4.74 Å². The zero-order chi connectivity index (χ0) is 10.8. The summed E-state index contributed by atoms with van der Waals surface area (Å²) >= 11 is 0. The van der Waals surface area contributed by atoms with Crippen LogP contribution in [0.25, 0.3) is 0 Å². The third-order valence-corrected chi connectivity index (χ3v) is 3.63. The number of hydrogen-bond acceptors (Lipinski definition) is 3. The Labute approximate surface area is 92.4 Å². The molecule has 2 aliphatic rings. The third kappa shape index (κ3) is 2.92. The molecule has 1 saturated carbocycles. The number of nitrogens with zero attached hydrogens (tertiary/aromatic N) is 1. The summed E-state index contributed by atoms with van der Waals surface area (Å²) in [5.74, 6) is 0. The average Bonchev–Trinajstić information content (AvgIpc) is 2.17. The summed E-state index contributed by atoms with van der Waals surface area (Å²) in [4.78, 5) is 2.56. The second-order valence-electron chi connectivity index (χ2n) is 5.17. The van der Waals surface area contributed by atoms with Gasteiger partial charge < -0.3 is 9.84 Å². The maximum Gasteiger partial charge on any atom is 0.0678 e. The molecule has 88 valence electrons. The van der Waals surface area contributed by atoms with Crippen LogP contribution in [0.15, 0.2) is 0 Å². The van der Waals surface area contributed by atoms with E-state index in [9.17, 15) is 5.11 Å². The van der Waals surface area contributed by atoms with Crippen LogP contribution < -0.4 is 0 Å². The van der Waals surface area contributed by atoms with Crippen molar-refractivity contribution in [2.24, 2.45) is 0 Å². The highest BCUT2D eigenvalue weighted by Crippen LogP contribution is 2.25. The Morgan fingerprint density at radius 3 is 2.07 bits per heavy atom. The van der Waals surface area contributed by atoms with E-state index in [2.05, 4.69) is 18.7 Å². The van der Waals surface area contributed by atoms with Gasteiger partial charge in [-0.3, -0.25) is 4.90 Å². The van der Waals surface area contributed by atoms with Crippen molar-refractivity contribution in [3.05, 3.63) is 0 Å². The highest BCUT2D eigenvalue weighted by Gasteiger charge is 2.30. The van der Waals surface area contributed by atoms with E-state index in [1.807, 2.05) is 0 Å². The Morgan fingerprint density at radius 1 is 1.00 bits per heavy atom. The van der Waals surface area contributed by atoms with E-state index in [0.29, 0.717) is 18.2 Å². The average molecular weight is 213 g/mol. The molecule has 0 spiro atoms. The highest BCUT2D eigenvalue weighted by molar-refractivity contribution is 4.83. The fourth-order valence-electron chi connectivity index (χ4n) is 2.94. The van der Waals surface area contributed by atoms with E-state index in [1.165, 1.54) is 0 Å². The molecule has 3 nitrogen and oxygen atoms in total. The number of morpholine rings is 1. The van der Waals surface area contributed by atoms with E-state index in [0.717, 1.165) is 38.8 Å². The number of aliphatic hydroxyl groups excluding tert-OH is 1. The molecule has 0 aromatic rings. The molecule has 0 radical (unpaired) electrons. The number of ether oxygens (including phenoxy) is 1. The van der Waals surface area contributed by atoms with Crippen molar-refractivity contribution in [1.82, 2.24) is 4.90 Å². The number of rotatable bonds is 1. The van der Waals surface area contributed by atoms with Crippen LogP contribution in [0.3, 0.4) is 0 Å². The zero-order valence-electron chi connectivity index (χ0n) is 9.85. The minimum atomic E-state index is -0.0443. The van der Waals surface area contributed by atoms with Crippen LogP contribution in [0.1, 0.15) is 39.5 Å². The second-order valence-corrected chi connectivity index (χ2v) is 5.17. The van der Waals surface area contributed by atoms with Crippen LogP contribution >= 0.6 is 0 Å². The van der Waals surface area contributed by atoms with Crippen LogP contribution in [0.4, 0.5) is 0 Å². The Kier molecular flexibility index (Phi) is 3.65. The smallest absolute Gasteiger partial charge is 0.0678 e. The molecule has 0 bridgehead atoms. The van der Waals surface area contributed by atoms with Gasteiger partial charge in [-0.05, 0) is 39.5 Å². The molecule has 0 aromatic carbocycles. The molecule has 1 aliphatic carbocycles. The van der Waals surface area contributed by atoms with Crippen LogP contribution in [0, 0.1) is 0 Å². The molecule has 0 amide bonds. The van der Waals surface area contributed by atoms with E-state index in [1.54, 1.807) is 0 Å². The molecule has 1 N–H and O–H groups in total. The van der Waals surface area contributed by atoms with Crippen LogP contribution in [-0.4, -0.2) is 47.4 Å². The molecule has 3 heteroatoms. The van der Waals surface area contributed by atoms with Gasteiger partial charge in [-0.25, -0.2) is 0 Å². The van der Waals surface area contributed by atoms with Gasteiger partial charge in [0.1, 0.15) is 0 Å². The molecule has 2 atom stereocenters. The first-order valence-electron chi connectivity index (χ1n) is 6.22. The van der Waals surface area contributed by atoms with Crippen molar-refractivity contribution in [3.8, 4) is 0 Å². The van der Waals surface area contributed by atoms with Crippen molar-refractivity contribution in [1.29, 1.82) is 0 Å². The zero-order valence-corrected chi connectivity index (χ0v) is 9.85. The highest BCUT2D eigenvalue weighted by atomic mass is 16.5. The van der Waals surface area contributed by atoms with Crippen molar-refractivity contribution in [2.45, 2.75) is 63.9 Å². The Bertz CT molecular complexity index is 192. The standard InChI is InChI=1S/C12H23NO2/c1-9-7-13(8-10(2)15-9)11-3-5-12(14)6-4-11/h9-12,14H,3-8H2,1-2H3/t9-,10+,11?,12?. The Hall–Kier alpha value is -0.120. The SMILES string of the molecule is C[C@@H]1CN(C2CCC(O)CC2)C[C@H](C)O1. The van der Waals surface area contributed by atoms with Crippen LogP contribution in [0.5, 0.6) is 0 Å². The van der Waals surface area contributed by atoms with Crippen molar-refractivity contribution in [3.63, 3.8) is 0 Å². The second kappa shape index (κ2) is 4.81. The predicted molar refractivity (Wildman–Crippen MR) is 59.8 cm³/mol. The fraction of sp³-hybridized carbons (Fsp3) is 1.00. The van der Waals surface area contributed by atoms with E-state index < -0.39 is 0 Å². The topological polar surface area (TPSA) is 32.7 Å². The van der Waals surface area contributed by atoms with Gasteiger partial charge in [0, 0.05) is 19.1 Å². The lowest BCUT2D eigenvalue weighted by molar-refractivity contribution is -0.0872. The normalized spacial score (nSPS) is 44.2. The summed E-state index contributed by atoms with van der Waals surface area (Å²) in [7, 11) is 0. The lowest BCUT2D eigenvalue weighted by Gasteiger charge is -2.42. The summed E-state index contributed by atoms with van der Waals surface area (Å²) in [5, 5.41) is 9.49. The van der Waals surface area contributed by atoms with Crippen molar-refractivity contribution >= 4 is 0 Å². The summed E-state index contributed by atoms with van der Waals surface area (Å²) < 4.78 is 5.74. The van der Waals surface area contributed by atoms with Gasteiger partial charge in [0.2, 0.25) is 0 Å². The van der Waals surface area contributed by atoms with Gasteiger partial charge in [0.05, 0.1) is 18.3 Å². The third-order valence-electron chi connectivity index (χ3n) is 3.63. The Morgan fingerprint density at radius 2 is 1.53 bits per heavy atom. The van der Waals surface area contributed by atoms with Gasteiger partial charge in [-0.15, -0.1) is 0 Å². The van der Waals surface area contributed by atoms with Gasteiger partial charge in [0.25, 0.3) is 0 Å². The summed E-state index contributed by atoms with van der Waals surface area (Å²) in [6.07, 6.45) is 4.94. The monoisotopic (exact) mass is 213 g/mol. The van der Waals surface area contributed by atoms with Crippen LogP contribution in [-0.2, 0) is 4.74 Å². The van der Waals surface area contributed by atoms with Gasteiger partial charge in [-0.2, -0.15) is 0 Å². The van der Waals surface area contributed by atoms with Gasteiger partial charge >= 0.3 is 0 Å².